The molecule has 1 aliphatic heterocycles. The van der Waals surface area contributed by atoms with Crippen LogP contribution in [-0.4, -0.2) is 18.7 Å². The van der Waals surface area contributed by atoms with Crippen molar-refractivity contribution >= 4 is 27.5 Å². The van der Waals surface area contributed by atoms with Crippen LogP contribution in [0.25, 0.3) is 21.8 Å². The van der Waals surface area contributed by atoms with Gasteiger partial charge in [0.15, 0.2) is 6.54 Å². The van der Waals surface area contributed by atoms with E-state index in [0.717, 1.165) is 25.0 Å². The van der Waals surface area contributed by atoms with E-state index < -0.39 is 0 Å². The lowest BCUT2D eigenvalue weighted by Gasteiger charge is -2.27. The molecule has 0 atom stereocenters. The molecule has 0 saturated carbocycles. The summed E-state index contributed by atoms with van der Waals surface area (Å²) < 4.78 is 2.12. The lowest BCUT2D eigenvalue weighted by Crippen LogP contribution is -2.37. The second-order valence-corrected chi connectivity index (χ2v) is 6.36. The van der Waals surface area contributed by atoms with E-state index in [1.807, 2.05) is 0 Å². The molecule has 0 unspecified atom stereocenters. The van der Waals surface area contributed by atoms with Crippen LogP contribution in [0.15, 0.2) is 30.3 Å². The van der Waals surface area contributed by atoms with Gasteiger partial charge in [-0.05, 0) is 50.5 Å². The molecule has 0 aliphatic carbocycles. The summed E-state index contributed by atoms with van der Waals surface area (Å²) in [5.41, 5.74) is 6.45. The molecule has 3 nitrogen and oxygen atoms in total. The van der Waals surface area contributed by atoms with E-state index in [-0.39, 0.29) is 0 Å². The Morgan fingerprint density at radius 1 is 1.18 bits per heavy atom. The third-order valence-corrected chi connectivity index (χ3v) is 4.80. The van der Waals surface area contributed by atoms with Gasteiger partial charge in [0.05, 0.1) is 5.39 Å². The smallest absolute Gasteiger partial charge is 0.239 e. The Labute approximate surface area is 131 Å². The van der Waals surface area contributed by atoms with Crippen LogP contribution in [-0.2, 0) is 13.0 Å². The summed E-state index contributed by atoms with van der Waals surface area (Å²) in [5.74, 6) is 0. The molecule has 3 aromatic rings. The monoisotopic (exact) mass is 292 g/mol. The average Bonchev–Trinajstić information content (AvgIpc) is 2.53. The minimum atomic E-state index is 0.895. The standard InChI is InChI=1S/C19H22N3/c1-4-22-18-8-7-13(2)10-16(18)15-12-19-14(11-17(15)20-22)6-5-9-21(19)3/h7-8,10-12H,4-6,9H2,1-3H3/q+1. The molecule has 2 heterocycles. The second-order valence-electron chi connectivity index (χ2n) is 6.36. The summed E-state index contributed by atoms with van der Waals surface area (Å²) in [5, 5.41) is 7.47. The van der Waals surface area contributed by atoms with Crippen molar-refractivity contribution in [2.75, 3.05) is 18.5 Å². The maximum atomic E-state index is 4.88. The normalized spacial score (nSPS) is 14.6. The SMILES string of the molecule is CC[n+]1nc2cc3c(cc2c2cc(C)ccc21)N(C)CCC3. The first-order chi connectivity index (χ1) is 10.7. The Balaban J connectivity index is 2.13. The highest BCUT2D eigenvalue weighted by Gasteiger charge is 2.19. The van der Waals surface area contributed by atoms with Crippen molar-refractivity contribution in [3.05, 3.63) is 41.5 Å². The number of nitrogens with zero attached hydrogens (tertiary/aromatic N) is 3. The molecule has 112 valence electrons. The van der Waals surface area contributed by atoms with Gasteiger partial charge in [-0.25, -0.2) is 0 Å². The third-order valence-electron chi connectivity index (χ3n) is 4.80. The van der Waals surface area contributed by atoms with E-state index in [0.29, 0.717) is 0 Å². The lowest BCUT2D eigenvalue weighted by molar-refractivity contribution is -0.724. The van der Waals surface area contributed by atoms with Crippen molar-refractivity contribution in [2.24, 2.45) is 0 Å². The zero-order valence-electron chi connectivity index (χ0n) is 13.6. The van der Waals surface area contributed by atoms with Gasteiger partial charge in [0.1, 0.15) is 5.52 Å². The molecule has 0 spiro atoms. The summed E-state index contributed by atoms with van der Waals surface area (Å²) in [4.78, 5) is 2.38. The number of rotatable bonds is 1. The van der Waals surface area contributed by atoms with E-state index in [1.165, 1.54) is 39.5 Å². The first kappa shape index (κ1) is 13.5. The van der Waals surface area contributed by atoms with Gasteiger partial charge < -0.3 is 4.90 Å². The van der Waals surface area contributed by atoms with Gasteiger partial charge in [0.2, 0.25) is 5.52 Å². The molecule has 1 aromatic heterocycles. The maximum absolute atomic E-state index is 4.88. The van der Waals surface area contributed by atoms with E-state index in [2.05, 4.69) is 60.8 Å². The number of hydrogen-bond donors (Lipinski definition) is 0. The number of anilines is 1. The van der Waals surface area contributed by atoms with Gasteiger partial charge in [-0.15, -0.1) is 0 Å². The number of benzene rings is 2. The minimum absolute atomic E-state index is 0.895. The molecular formula is C19H22N3+. The summed E-state index contributed by atoms with van der Waals surface area (Å²) in [7, 11) is 2.19. The largest absolute Gasteiger partial charge is 0.374 e. The molecule has 2 aromatic carbocycles. The Bertz CT molecular complexity index is 883. The average molecular weight is 292 g/mol. The lowest BCUT2D eigenvalue weighted by atomic mass is 9.98. The van der Waals surface area contributed by atoms with E-state index >= 15 is 0 Å². The molecule has 0 bridgehead atoms. The van der Waals surface area contributed by atoms with Crippen LogP contribution in [0.2, 0.25) is 0 Å². The summed E-state index contributed by atoms with van der Waals surface area (Å²) in [6.45, 7) is 6.36. The fourth-order valence-electron chi connectivity index (χ4n) is 3.62. The van der Waals surface area contributed by atoms with Crippen molar-refractivity contribution in [3.8, 4) is 0 Å². The van der Waals surface area contributed by atoms with Crippen LogP contribution < -0.4 is 9.58 Å². The summed E-state index contributed by atoms with van der Waals surface area (Å²) >= 11 is 0. The molecule has 22 heavy (non-hydrogen) atoms. The maximum Gasteiger partial charge on any atom is 0.239 e. The Hall–Kier alpha value is -2.16. The quantitative estimate of drug-likeness (QED) is 0.506. The summed E-state index contributed by atoms with van der Waals surface area (Å²) in [6.07, 6.45) is 2.39. The fraction of sp³-hybridized carbons (Fsp3) is 0.368. The minimum Gasteiger partial charge on any atom is -0.374 e. The highest BCUT2D eigenvalue weighted by atomic mass is 15.3. The van der Waals surface area contributed by atoms with Crippen LogP contribution in [0.4, 0.5) is 5.69 Å². The molecule has 0 fully saturated rings. The Kier molecular flexibility index (Phi) is 3.03. The Morgan fingerprint density at radius 3 is 2.86 bits per heavy atom. The molecule has 0 N–H and O–H groups in total. The van der Waals surface area contributed by atoms with Crippen LogP contribution >= 0.6 is 0 Å². The van der Waals surface area contributed by atoms with Crippen molar-refractivity contribution < 1.29 is 4.68 Å². The number of fused-ring (bicyclic) bond motifs is 4. The molecule has 4 rings (SSSR count). The van der Waals surface area contributed by atoms with E-state index in [4.69, 9.17) is 5.10 Å². The zero-order chi connectivity index (χ0) is 15.3. The van der Waals surface area contributed by atoms with Crippen LogP contribution in [0.5, 0.6) is 0 Å². The number of hydrogen-bond acceptors (Lipinski definition) is 2. The second kappa shape index (κ2) is 4.94. The van der Waals surface area contributed by atoms with Crippen molar-refractivity contribution in [3.63, 3.8) is 0 Å². The van der Waals surface area contributed by atoms with Gasteiger partial charge in [0.25, 0.3) is 0 Å². The van der Waals surface area contributed by atoms with Crippen molar-refractivity contribution in [1.82, 2.24) is 5.10 Å². The highest BCUT2D eigenvalue weighted by molar-refractivity contribution is 6.04. The fourth-order valence-corrected chi connectivity index (χ4v) is 3.62. The summed E-state index contributed by atoms with van der Waals surface area (Å²) in [6, 6.07) is 11.3. The number of aryl methyl sites for hydroxylation is 3. The topological polar surface area (TPSA) is 20.0 Å². The van der Waals surface area contributed by atoms with Crippen LogP contribution in [0.1, 0.15) is 24.5 Å². The third kappa shape index (κ3) is 1.96. The molecule has 0 saturated heterocycles. The molecule has 0 radical (unpaired) electrons. The van der Waals surface area contributed by atoms with Crippen molar-refractivity contribution in [2.45, 2.75) is 33.2 Å². The number of aromatic nitrogens is 2. The highest BCUT2D eigenvalue weighted by Crippen LogP contribution is 2.32. The molecule has 3 heteroatoms. The first-order valence-corrected chi connectivity index (χ1v) is 8.15. The first-order valence-electron chi connectivity index (χ1n) is 8.15. The molecule has 1 aliphatic rings. The van der Waals surface area contributed by atoms with Gasteiger partial charge in [-0.2, -0.15) is 0 Å². The van der Waals surface area contributed by atoms with Crippen molar-refractivity contribution in [1.29, 1.82) is 0 Å². The predicted octanol–water partition coefficient (Wildman–Crippen LogP) is 3.39. The van der Waals surface area contributed by atoms with Gasteiger partial charge in [0, 0.05) is 35.8 Å². The van der Waals surface area contributed by atoms with Crippen LogP contribution in [0.3, 0.4) is 0 Å². The van der Waals surface area contributed by atoms with E-state index in [9.17, 15) is 0 Å². The van der Waals surface area contributed by atoms with Gasteiger partial charge in [-0.3, -0.25) is 0 Å². The molecular weight excluding hydrogens is 270 g/mol. The zero-order valence-corrected chi connectivity index (χ0v) is 13.6. The van der Waals surface area contributed by atoms with Gasteiger partial charge >= 0.3 is 0 Å². The molecule has 0 amide bonds. The van der Waals surface area contributed by atoms with Gasteiger partial charge in [-0.1, -0.05) is 16.3 Å². The Morgan fingerprint density at radius 2 is 2.05 bits per heavy atom. The van der Waals surface area contributed by atoms with Crippen LogP contribution in [0, 0.1) is 6.92 Å². The predicted molar refractivity (Wildman–Crippen MR) is 91.4 cm³/mol. The van der Waals surface area contributed by atoms with E-state index in [1.54, 1.807) is 0 Å².